The van der Waals surface area contributed by atoms with Gasteiger partial charge in [0.05, 0.1) is 28.8 Å². The number of piperidine rings is 1. The van der Waals surface area contributed by atoms with Crippen LogP contribution in [0.5, 0.6) is 5.75 Å². The molecule has 156 valence electrons. The number of thiazole rings is 1. The normalized spacial score (nSPS) is 14.1. The summed E-state index contributed by atoms with van der Waals surface area (Å²) in [6.45, 7) is 2.14. The smallest absolute Gasteiger partial charge is 0.191 e. The Bertz CT molecular complexity index is 1010. The third kappa shape index (κ3) is 4.97. The molecule has 0 aliphatic carbocycles. The fourth-order valence-corrected chi connectivity index (χ4v) is 5.22. The molecule has 0 amide bonds. The van der Waals surface area contributed by atoms with Gasteiger partial charge >= 0.3 is 0 Å². The van der Waals surface area contributed by atoms with Crippen molar-refractivity contribution in [2.75, 3.05) is 30.4 Å². The molecule has 2 aromatic heterocycles. The van der Waals surface area contributed by atoms with Crippen LogP contribution in [0.2, 0.25) is 0 Å². The molecule has 30 heavy (non-hydrogen) atoms. The molecule has 0 bridgehead atoms. The molecule has 1 saturated heterocycles. The standard InChI is InChI=1S/C21H23N5OS3/c1-27-16-9-4-3-8-15(16)23-20(28)25-22-14-18-19(17-10-7-13-29-17)24-21(30-18)26-11-5-2-6-12-26/h3-4,7-10,13-14H,2,5-6,11-12H2,1H3,(H2,23,25,28). The van der Waals surface area contributed by atoms with Crippen molar-refractivity contribution in [1.29, 1.82) is 0 Å². The van der Waals surface area contributed by atoms with Crippen LogP contribution in [0.1, 0.15) is 24.1 Å². The zero-order chi connectivity index (χ0) is 20.8. The van der Waals surface area contributed by atoms with Gasteiger partial charge in [0.1, 0.15) is 11.4 Å². The van der Waals surface area contributed by atoms with Crippen molar-refractivity contribution in [3.8, 4) is 16.3 Å². The predicted octanol–water partition coefficient (Wildman–Crippen LogP) is 5.19. The summed E-state index contributed by atoms with van der Waals surface area (Å²) in [7, 11) is 1.63. The fourth-order valence-electron chi connectivity index (χ4n) is 3.27. The van der Waals surface area contributed by atoms with Crippen LogP contribution < -0.4 is 20.4 Å². The van der Waals surface area contributed by atoms with E-state index >= 15 is 0 Å². The van der Waals surface area contributed by atoms with Crippen LogP contribution >= 0.6 is 34.9 Å². The number of methoxy groups -OCH3 is 1. The van der Waals surface area contributed by atoms with Crippen LogP contribution in [0.15, 0.2) is 46.9 Å². The van der Waals surface area contributed by atoms with Gasteiger partial charge in [-0.1, -0.05) is 29.5 Å². The van der Waals surface area contributed by atoms with Gasteiger partial charge in [0.2, 0.25) is 0 Å². The molecule has 1 fully saturated rings. The number of para-hydroxylation sites is 2. The van der Waals surface area contributed by atoms with Crippen molar-refractivity contribution >= 4 is 57.0 Å². The van der Waals surface area contributed by atoms with Gasteiger partial charge in [-0.15, -0.1) is 11.3 Å². The third-order valence-corrected chi connectivity index (χ3v) is 6.85. The SMILES string of the molecule is COc1ccccc1NC(=S)NN=Cc1sc(N2CCCCC2)nc1-c1cccs1. The lowest BCUT2D eigenvalue weighted by atomic mass is 10.1. The molecule has 0 atom stereocenters. The number of ether oxygens (including phenoxy) is 1. The Kier molecular flexibility index (Phi) is 6.93. The molecule has 6 nitrogen and oxygen atoms in total. The number of rotatable bonds is 6. The molecule has 9 heteroatoms. The Labute approximate surface area is 189 Å². The minimum absolute atomic E-state index is 0.397. The zero-order valence-electron chi connectivity index (χ0n) is 16.6. The Morgan fingerprint density at radius 2 is 2.03 bits per heavy atom. The second kappa shape index (κ2) is 10.0. The molecule has 0 radical (unpaired) electrons. The highest BCUT2D eigenvalue weighted by molar-refractivity contribution is 7.80. The van der Waals surface area contributed by atoms with Crippen LogP contribution in [-0.4, -0.2) is 36.5 Å². The molecule has 1 aromatic carbocycles. The zero-order valence-corrected chi connectivity index (χ0v) is 19.1. The van der Waals surface area contributed by atoms with Crippen molar-refractivity contribution in [1.82, 2.24) is 10.4 Å². The van der Waals surface area contributed by atoms with E-state index in [9.17, 15) is 0 Å². The molecule has 1 aliphatic rings. The van der Waals surface area contributed by atoms with Gasteiger partial charge in [0.25, 0.3) is 0 Å². The van der Waals surface area contributed by atoms with E-state index in [0.29, 0.717) is 5.11 Å². The minimum atomic E-state index is 0.397. The van der Waals surface area contributed by atoms with E-state index in [1.807, 2.05) is 30.3 Å². The van der Waals surface area contributed by atoms with Crippen molar-refractivity contribution in [2.45, 2.75) is 19.3 Å². The number of anilines is 2. The number of thiophene rings is 1. The van der Waals surface area contributed by atoms with Crippen LogP contribution in [0.4, 0.5) is 10.8 Å². The fraction of sp³-hybridized carbons (Fsp3) is 0.286. The van der Waals surface area contributed by atoms with Crippen LogP contribution in [-0.2, 0) is 0 Å². The van der Waals surface area contributed by atoms with Gasteiger partial charge in [-0.2, -0.15) is 5.10 Å². The first-order chi connectivity index (χ1) is 14.7. The van der Waals surface area contributed by atoms with E-state index in [1.54, 1.807) is 36.0 Å². The summed E-state index contributed by atoms with van der Waals surface area (Å²) in [6, 6.07) is 11.8. The molecule has 4 rings (SSSR count). The van der Waals surface area contributed by atoms with Crippen molar-refractivity contribution in [3.63, 3.8) is 0 Å². The maximum Gasteiger partial charge on any atom is 0.191 e. The number of hydrogen-bond donors (Lipinski definition) is 2. The van der Waals surface area contributed by atoms with E-state index in [4.69, 9.17) is 21.9 Å². The van der Waals surface area contributed by atoms with Gasteiger partial charge in [-0.05, 0) is 55.1 Å². The molecule has 1 aliphatic heterocycles. The summed E-state index contributed by atoms with van der Waals surface area (Å²) in [5.74, 6) is 0.722. The van der Waals surface area contributed by atoms with Gasteiger partial charge < -0.3 is 15.0 Å². The van der Waals surface area contributed by atoms with Gasteiger partial charge in [0.15, 0.2) is 10.2 Å². The van der Waals surface area contributed by atoms with Crippen LogP contribution in [0.3, 0.4) is 0 Å². The van der Waals surface area contributed by atoms with Crippen molar-refractivity contribution < 1.29 is 4.74 Å². The monoisotopic (exact) mass is 457 g/mol. The lowest BCUT2D eigenvalue weighted by Crippen LogP contribution is -2.29. The van der Waals surface area contributed by atoms with Gasteiger partial charge in [-0.25, -0.2) is 4.98 Å². The Balaban J connectivity index is 1.48. The largest absolute Gasteiger partial charge is 0.495 e. The van der Waals surface area contributed by atoms with Crippen LogP contribution in [0, 0.1) is 0 Å². The first kappa shape index (κ1) is 20.8. The molecular formula is C21H23N5OS3. The highest BCUT2D eigenvalue weighted by atomic mass is 32.1. The average molecular weight is 458 g/mol. The summed E-state index contributed by atoms with van der Waals surface area (Å²) in [5.41, 5.74) is 4.66. The summed E-state index contributed by atoms with van der Waals surface area (Å²) >= 11 is 8.73. The number of nitrogens with one attached hydrogen (secondary N) is 2. The maximum absolute atomic E-state index is 5.37. The minimum Gasteiger partial charge on any atom is -0.495 e. The quantitative estimate of drug-likeness (QED) is 0.302. The Morgan fingerprint density at radius 1 is 1.20 bits per heavy atom. The molecule has 0 saturated carbocycles. The summed E-state index contributed by atoms with van der Waals surface area (Å²) < 4.78 is 5.34. The molecule has 0 unspecified atom stereocenters. The van der Waals surface area contributed by atoms with E-state index in [0.717, 1.165) is 45.1 Å². The second-order valence-electron chi connectivity index (χ2n) is 6.76. The topological polar surface area (TPSA) is 61.8 Å². The van der Waals surface area contributed by atoms with Crippen molar-refractivity contribution in [3.05, 3.63) is 46.7 Å². The first-order valence-electron chi connectivity index (χ1n) is 9.77. The van der Waals surface area contributed by atoms with E-state index in [1.165, 1.54) is 19.3 Å². The number of nitrogens with zero attached hydrogens (tertiary/aromatic N) is 3. The lowest BCUT2D eigenvalue weighted by Gasteiger charge is -2.25. The number of hydrazone groups is 1. The summed E-state index contributed by atoms with van der Waals surface area (Å²) in [6.07, 6.45) is 5.55. The number of aromatic nitrogens is 1. The Hall–Kier alpha value is -2.49. The van der Waals surface area contributed by atoms with E-state index < -0.39 is 0 Å². The highest BCUT2D eigenvalue weighted by Crippen LogP contribution is 2.35. The molecule has 2 N–H and O–H groups in total. The van der Waals surface area contributed by atoms with E-state index in [2.05, 4.69) is 32.2 Å². The van der Waals surface area contributed by atoms with Crippen molar-refractivity contribution in [2.24, 2.45) is 5.10 Å². The van der Waals surface area contributed by atoms with Gasteiger partial charge in [0, 0.05) is 13.1 Å². The molecular weight excluding hydrogens is 434 g/mol. The number of hydrogen-bond acceptors (Lipinski definition) is 7. The summed E-state index contributed by atoms with van der Waals surface area (Å²) in [5, 5.41) is 11.0. The highest BCUT2D eigenvalue weighted by Gasteiger charge is 2.19. The second-order valence-corrected chi connectivity index (χ2v) is 9.12. The Morgan fingerprint density at radius 3 is 2.80 bits per heavy atom. The summed E-state index contributed by atoms with van der Waals surface area (Å²) in [4.78, 5) is 9.48. The first-order valence-corrected chi connectivity index (χ1v) is 11.9. The lowest BCUT2D eigenvalue weighted by molar-refractivity contribution is 0.417. The molecule has 0 spiro atoms. The predicted molar refractivity (Wildman–Crippen MR) is 131 cm³/mol. The molecule has 3 aromatic rings. The van der Waals surface area contributed by atoms with Gasteiger partial charge in [-0.3, -0.25) is 5.43 Å². The van der Waals surface area contributed by atoms with Crippen LogP contribution in [0.25, 0.3) is 10.6 Å². The average Bonchev–Trinajstić information content (AvgIpc) is 3.45. The number of benzene rings is 1. The van der Waals surface area contributed by atoms with E-state index in [-0.39, 0.29) is 0 Å². The number of thiocarbonyl (C=S) groups is 1. The molecule has 3 heterocycles. The third-order valence-electron chi connectivity index (χ3n) is 4.73. The maximum atomic E-state index is 5.37.